The number of aromatic nitrogens is 2. The topological polar surface area (TPSA) is 82.6 Å². The summed E-state index contributed by atoms with van der Waals surface area (Å²) in [7, 11) is 3.19. The molecule has 2 aliphatic rings. The van der Waals surface area contributed by atoms with Crippen molar-refractivity contribution in [3.63, 3.8) is 0 Å². The van der Waals surface area contributed by atoms with Gasteiger partial charge in [0.05, 0.1) is 12.8 Å². The molecule has 1 aliphatic heterocycles. The second-order valence-corrected chi connectivity index (χ2v) is 10.2. The van der Waals surface area contributed by atoms with Gasteiger partial charge < -0.3 is 20.1 Å². The van der Waals surface area contributed by atoms with Crippen molar-refractivity contribution in [3.05, 3.63) is 80.4 Å². The Balaban J connectivity index is 1.34. The van der Waals surface area contributed by atoms with Gasteiger partial charge in [0.15, 0.2) is 0 Å². The van der Waals surface area contributed by atoms with E-state index in [1.54, 1.807) is 32.4 Å². The zero-order chi connectivity index (χ0) is 26.2. The molecule has 1 spiro atoms. The Kier molecular flexibility index (Phi) is 7.00. The maximum atomic E-state index is 13.2. The number of halogens is 1. The fourth-order valence-corrected chi connectivity index (χ4v) is 5.98. The van der Waals surface area contributed by atoms with Crippen LogP contribution in [0.3, 0.4) is 0 Å². The zero-order valence-electron chi connectivity index (χ0n) is 21.4. The molecule has 1 atom stereocenters. The van der Waals surface area contributed by atoms with Gasteiger partial charge >= 0.3 is 0 Å². The standard InChI is InChI=1S/C29H31ClN4O3/c1-19-32-25(17-26(35)34(19)23-7-4-8-24(37-3)27(23)30)33-13-11-29(12-14-33)18-21-10-9-20(6-5-15-36-2)16-22(21)28(29)31/h4,7-10,16-17,28H,11-15,18,31H2,1-3H3/t28-/m1/s1. The minimum Gasteiger partial charge on any atom is -0.495 e. The maximum absolute atomic E-state index is 13.2. The third kappa shape index (κ3) is 4.61. The van der Waals surface area contributed by atoms with Gasteiger partial charge in [-0.1, -0.05) is 35.6 Å². The van der Waals surface area contributed by atoms with E-state index in [1.165, 1.54) is 15.7 Å². The van der Waals surface area contributed by atoms with E-state index >= 15 is 0 Å². The first kappa shape index (κ1) is 25.3. The molecule has 7 nitrogen and oxygen atoms in total. The fraction of sp³-hybridized carbons (Fsp3) is 0.379. The Morgan fingerprint density at radius 1 is 1.19 bits per heavy atom. The summed E-state index contributed by atoms with van der Waals surface area (Å²) < 4.78 is 11.9. The minimum absolute atomic E-state index is 0.00949. The van der Waals surface area contributed by atoms with Gasteiger partial charge in [-0.25, -0.2) is 4.98 Å². The minimum atomic E-state index is -0.176. The van der Waals surface area contributed by atoms with Crippen LogP contribution in [0.2, 0.25) is 5.02 Å². The summed E-state index contributed by atoms with van der Waals surface area (Å²) in [6.07, 6.45) is 2.82. The average Bonchev–Trinajstić information content (AvgIpc) is 3.15. The van der Waals surface area contributed by atoms with Crippen LogP contribution in [0.15, 0.2) is 47.3 Å². The van der Waals surface area contributed by atoms with Crippen molar-refractivity contribution in [2.75, 3.05) is 38.8 Å². The van der Waals surface area contributed by atoms with Gasteiger partial charge in [-0.3, -0.25) is 9.36 Å². The quantitative estimate of drug-likeness (QED) is 0.525. The predicted molar refractivity (Wildman–Crippen MR) is 146 cm³/mol. The van der Waals surface area contributed by atoms with Gasteiger partial charge in [0.25, 0.3) is 5.56 Å². The summed E-state index contributed by atoms with van der Waals surface area (Å²) in [6, 6.07) is 13.3. The third-order valence-corrected chi connectivity index (χ3v) is 8.07. The normalized spacial score (nSPS) is 17.9. The average molecular weight is 519 g/mol. The molecule has 0 radical (unpaired) electrons. The first-order chi connectivity index (χ1) is 17.9. The van der Waals surface area contributed by atoms with E-state index < -0.39 is 0 Å². The van der Waals surface area contributed by atoms with E-state index in [9.17, 15) is 4.79 Å². The molecular formula is C29H31ClN4O3. The molecule has 1 fully saturated rings. The van der Waals surface area contributed by atoms with Gasteiger partial charge in [0, 0.05) is 37.9 Å². The van der Waals surface area contributed by atoms with Gasteiger partial charge in [-0.05, 0) is 67.0 Å². The lowest BCUT2D eigenvalue weighted by molar-refractivity contribution is 0.187. The van der Waals surface area contributed by atoms with E-state index in [4.69, 9.17) is 31.8 Å². The van der Waals surface area contributed by atoms with Crippen LogP contribution in [0.25, 0.3) is 5.69 Å². The number of aryl methyl sites for hydroxylation is 1. The van der Waals surface area contributed by atoms with Crippen LogP contribution in [0.5, 0.6) is 5.75 Å². The second kappa shape index (κ2) is 10.2. The van der Waals surface area contributed by atoms with Crippen LogP contribution < -0.4 is 20.9 Å². The van der Waals surface area contributed by atoms with Crippen LogP contribution in [-0.2, 0) is 11.2 Å². The van der Waals surface area contributed by atoms with Crippen molar-refractivity contribution < 1.29 is 9.47 Å². The number of methoxy groups -OCH3 is 2. The molecule has 0 unspecified atom stereocenters. The first-order valence-corrected chi connectivity index (χ1v) is 12.8. The van der Waals surface area contributed by atoms with E-state index in [0.717, 1.165) is 37.9 Å². The number of rotatable bonds is 4. The summed E-state index contributed by atoms with van der Waals surface area (Å²) in [5.74, 6) is 7.95. The Morgan fingerprint density at radius 3 is 2.68 bits per heavy atom. The molecule has 37 heavy (non-hydrogen) atoms. The van der Waals surface area contributed by atoms with Crippen molar-refractivity contribution >= 4 is 17.4 Å². The van der Waals surface area contributed by atoms with Crippen LogP contribution in [0.4, 0.5) is 5.82 Å². The maximum Gasteiger partial charge on any atom is 0.260 e. The van der Waals surface area contributed by atoms with E-state index in [2.05, 4.69) is 34.9 Å². The number of ether oxygens (including phenoxy) is 2. The molecule has 0 saturated carbocycles. The number of nitrogens with zero attached hydrogens (tertiary/aromatic N) is 3. The first-order valence-electron chi connectivity index (χ1n) is 12.4. The highest BCUT2D eigenvalue weighted by atomic mass is 35.5. The number of fused-ring (bicyclic) bond motifs is 1. The monoisotopic (exact) mass is 518 g/mol. The van der Waals surface area contributed by atoms with Gasteiger partial charge in [0.1, 0.15) is 29.0 Å². The molecule has 2 aromatic carbocycles. The van der Waals surface area contributed by atoms with E-state index in [0.29, 0.717) is 34.7 Å². The van der Waals surface area contributed by atoms with Crippen molar-refractivity contribution in [1.82, 2.24) is 9.55 Å². The number of nitrogens with two attached hydrogens (primary N) is 1. The third-order valence-electron chi connectivity index (χ3n) is 7.69. The van der Waals surface area contributed by atoms with Crippen molar-refractivity contribution in [2.24, 2.45) is 11.1 Å². The Hall–Kier alpha value is -3.31. The van der Waals surface area contributed by atoms with E-state index in [1.807, 2.05) is 13.0 Å². The van der Waals surface area contributed by atoms with Crippen molar-refractivity contribution in [2.45, 2.75) is 32.2 Å². The largest absolute Gasteiger partial charge is 0.495 e. The number of piperidine rings is 1. The fourth-order valence-electron chi connectivity index (χ4n) is 5.69. The Labute approximate surface area is 222 Å². The number of hydrogen-bond donors (Lipinski definition) is 1. The lowest BCUT2D eigenvalue weighted by Gasteiger charge is -2.42. The molecule has 8 heteroatoms. The molecule has 192 valence electrons. The summed E-state index contributed by atoms with van der Waals surface area (Å²) in [4.78, 5) is 20.2. The van der Waals surface area contributed by atoms with Gasteiger partial charge in [0.2, 0.25) is 0 Å². The summed E-state index contributed by atoms with van der Waals surface area (Å²) >= 11 is 6.49. The Morgan fingerprint density at radius 2 is 1.97 bits per heavy atom. The summed E-state index contributed by atoms with van der Waals surface area (Å²) in [5, 5.41) is 0.382. The lowest BCUT2D eigenvalue weighted by Crippen LogP contribution is -2.45. The molecule has 2 heterocycles. The molecule has 1 aromatic heterocycles. The van der Waals surface area contributed by atoms with E-state index in [-0.39, 0.29) is 17.0 Å². The highest BCUT2D eigenvalue weighted by Gasteiger charge is 2.46. The molecule has 0 bridgehead atoms. The van der Waals surface area contributed by atoms with Gasteiger partial charge in [-0.2, -0.15) is 0 Å². The van der Waals surface area contributed by atoms with Crippen LogP contribution >= 0.6 is 11.6 Å². The SMILES string of the molecule is COCC#Cc1ccc2c(c1)[C@@H](N)C1(CCN(c3cc(=O)n(-c4cccc(OC)c4Cl)c(C)n3)CC1)C2. The smallest absolute Gasteiger partial charge is 0.260 e. The van der Waals surface area contributed by atoms with Crippen LogP contribution in [-0.4, -0.2) is 43.5 Å². The number of hydrogen-bond acceptors (Lipinski definition) is 6. The molecule has 5 rings (SSSR count). The predicted octanol–water partition coefficient (Wildman–Crippen LogP) is 4.04. The summed E-state index contributed by atoms with van der Waals surface area (Å²) in [5.41, 5.74) is 10.7. The molecule has 0 amide bonds. The highest BCUT2D eigenvalue weighted by molar-refractivity contribution is 6.33. The Bertz CT molecular complexity index is 1450. The molecule has 3 aromatic rings. The molecule has 1 aliphatic carbocycles. The van der Waals surface area contributed by atoms with Gasteiger partial charge in [-0.15, -0.1) is 0 Å². The highest BCUT2D eigenvalue weighted by Crippen LogP contribution is 2.51. The van der Waals surface area contributed by atoms with Crippen LogP contribution in [0.1, 0.15) is 41.4 Å². The molecule has 2 N–H and O–H groups in total. The van der Waals surface area contributed by atoms with Crippen molar-refractivity contribution in [1.29, 1.82) is 0 Å². The van der Waals surface area contributed by atoms with Crippen molar-refractivity contribution in [3.8, 4) is 23.3 Å². The van der Waals surface area contributed by atoms with Crippen LogP contribution in [0, 0.1) is 24.2 Å². The summed E-state index contributed by atoms with van der Waals surface area (Å²) in [6.45, 7) is 3.81. The molecular weight excluding hydrogens is 488 g/mol. The second-order valence-electron chi connectivity index (χ2n) is 9.78. The number of anilines is 1. The lowest BCUT2D eigenvalue weighted by atomic mass is 9.73. The zero-order valence-corrected chi connectivity index (χ0v) is 22.1. The molecule has 1 saturated heterocycles. The number of benzene rings is 2.